The molecule has 1 saturated carbocycles. The van der Waals surface area contributed by atoms with Gasteiger partial charge in [-0.05, 0) is 67.2 Å². The van der Waals surface area contributed by atoms with Crippen LogP contribution in [0, 0.1) is 5.92 Å². The number of ether oxygens (including phenoxy) is 1. The zero-order valence-corrected chi connectivity index (χ0v) is 19.5. The van der Waals surface area contributed by atoms with E-state index in [4.69, 9.17) is 4.74 Å². The first-order valence-corrected chi connectivity index (χ1v) is 12.6. The number of rotatable bonds is 12. The van der Waals surface area contributed by atoms with Crippen molar-refractivity contribution in [1.82, 2.24) is 9.80 Å². The molecule has 1 amide bonds. The van der Waals surface area contributed by atoms with Crippen molar-refractivity contribution in [1.29, 1.82) is 0 Å². The molecule has 0 unspecified atom stereocenters. The summed E-state index contributed by atoms with van der Waals surface area (Å²) in [5.41, 5.74) is 1.21. The SMILES string of the molecule is C=CCC[C@H](O)CN(CC(=O)N1CCc2sccc2[C@H]1COc1ccccc1)CC1CC1. The molecule has 0 spiro atoms. The van der Waals surface area contributed by atoms with Crippen LogP contribution in [0.25, 0.3) is 0 Å². The Labute approximate surface area is 195 Å². The summed E-state index contributed by atoms with van der Waals surface area (Å²) in [6.45, 7) is 6.69. The number of para-hydroxylation sites is 1. The Morgan fingerprint density at radius 2 is 2.12 bits per heavy atom. The van der Waals surface area contributed by atoms with Crippen LogP contribution in [-0.4, -0.2) is 59.7 Å². The lowest BCUT2D eigenvalue weighted by Gasteiger charge is -2.37. The normalized spacial score (nSPS) is 18.9. The number of fused-ring (bicyclic) bond motifs is 1. The van der Waals surface area contributed by atoms with Crippen molar-refractivity contribution >= 4 is 17.2 Å². The molecule has 1 aromatic carbocycles. The highest BCUT2D eigenvalue weighted by atomic mass is 32.1. The van der Waals surface area contributed by atoms with Gasteiger partial charge in [-0.15, -0.1) is 17.9 Å². The molecule has 1 fully saturated rings. The standard InChI is InChI=1S/C26H34N2O3S/c1-2-3-7-21(29)17-27(16-20-10-11-20)18-26(30)28-14-12-25-23(13-15-32-25)24(28)19-31-22-8-5-4-6-9-22/h2,4-6,8-9,13,15,20-21,24,29H,1,3,7,10-12,14,16-19H2/t21-,24+/m0/s1. The van der Waals surface area contributed by atoms with Gasteiger partial charge >= 0.3 is 0 Å². The second-order valence-electron chi connectivity index (χ2n) is 8.93. The minimum Gasteiger partial charge on any atom is -0.491 e. The maximum absolute atomic E-state index is 13.5. The zero-order valence-electron chi connectivity index (χ0n) is 18.7. The van der Waals surface area contributed by atoms with E-state index in [9.17, 15) is 9.90 Å². The first kappa shape index (κ1) is 23.0. The maximum Gasteiger partial charge on any atom is 0.237 e. The molecular formula is C26H34N2O3S. The number of allylic oxidation sites excluding steroid dienone is 1. The quantitative estimate of drug-likeness (QED) is 0.486. The Morgan fingerprint density at radius 3 is 2.88 bits per heavy atom. The molecule has 0 bridgehead atoms. The molecule has 1 aliphatic heterocycles. The second-order valence-corrected chi connectivity index (χ2v) is 9.93. The van der Waals surface area contributed by atoms with E-state index in [2.05, 4.69) is 22.9 Å². The summed E-state index contributed by atoms with van der Waals surface area (Å²) in [5.74, 6) is 1.61. The third kappa shape index (κ3) is 6.21. The van der Waals surface area contributed by atoms with Crippen LogP contribution in [0.3, 0.4) is 0 Å². The fourth-order valence-corrected chi connectivity index (χ4v) is 5.35. The summed E-state index contributed by atoms with van der Waals surface area (Å²) in [6.07, 6.45) is 6.23. The monoisotopic (exact) mass is 454 g/mol. The van der Waals surface area contributed by atoms with Gasteiger partial charge in [0.1, 0.15) is 12.4 Å². The van der Waals surface area contributed by atoms with Crippen LogP contribution in [0.1, 0.15) is 42.2 Å². The molecule has 5 nitrogen and oxygen atoms in total. The van der Waals surface area contributed by atoms with Crippen molar-refractivity contribution in [3.8, 4) is 5.75 Å². The average molecular weight is 455 g/mol. The number of thiophene rings is 1. The van der Waals surface area contributed by atoms with E-state index < -0.39 is 6.10 Å². The predicted octanol–water partition coefficient (Wildman–Crippen LogP) is 4.29. The molecule has 172 valence electrons. The third-order valence-corrected chi connectivity index (χ3v) is 7.31. The highest BCUT2D eigenvalue weighted by Crippen LogP contribution is 2.34. The topological polar surface area (TPSA) is 53.0 Å². The number of carbonyl (C=O) groups excluding carboxylic acids is 1. The van der Waals surface area contributed by atoms with E-state index in [1.54, 1.807) is 11.3 Å². The molecule has 2 heterocycles. The van der Waals surface area contributed by atoms with Gasteiger partial charge in [0.05, 0.1) is 18.7 Å². The molecule has 2 aromatic rings. The highest BCUT2D eigenvalue weighted by Gasteiger charge is 2.34. The largest absolute Gasteiger partial charge is 0.491 e. The Balaban J connectivity index is 1.43. The summed E-state index contributed by atoms with van der Waals surface area (Å²) in [7, 11) is 0. The number of amides is 1. The fraction of sp³-hybridized carbons (Fsp3) is 0.500. The van der Waals surface area contributed by atoms with Crippen LogP contribution in [0.15, 0.2) is 54.4 Å². The van der Waals surface area contributed by atoms with Gasteiger partial charge in [0.2, 0.25) is 5.91 Å². The summed E-state index contributed by atoms with van der Waals surface area (Å²) in [4.78, 5) is 19.0. The summed E-state index contributed by atoms with van der Waals surface area (Å²) < 4.78 is 6.09. The molecule has 2 atom stereocenters. The van der Waals surface area contributed by atoms with Crippen LogP contribution in [0.4, 0.5) is 0 Å². The number of hydrogen-bond acceptors (Lipinski definition) is 5. The van der Waals surface area contributed by atoms with Crippen LogP contribution >= 0.6 is 11.3 Å². The Morgan fingerprint density at radius 1 is 1.31 bits per heavy atom. The minimum absolute atomic E-state index is 0.0776. The lowest BCUT2D eigenvalue weighted by Crippen LogP contribution is -2.48. The number of nitrogens with zero attached hydrogens (tertiary/aromatic N) is 2. The predicted molar refractivity (Wildman–Crippen MR) is 129 cm³/mol. The van der Waals surface area contributed by atoms with Crippen LogP contribution in [0.5, 0.6) is 5.75 Å². The number of aliphatic hydroxyl groups is 1. The lowest BCUT2D eigenvalue weighted by atomic mass is 10.0. The second kappa shape index (κ2) is 11.1. The fourth-order valence-electron chi connectivity index (χ4n) is 4.42. The van der Waals surface area contributed by atoms with E-state index in [1.807, 2.05) is 41.3 Å². The van der Waals surface area contributed by atoms with Gasteiger partial charge < -0.3 is 14.7 Å². The smallest absolute Gasteiger partial charge is 0.237 e. The lowest BCUT2D eigenvalue weighted by molar-refractivity contribution is -0.136. The zero-order chi connectivity index (χ0) is 22.3. The minimum atomic E-state index is -0.429. The van der Waals surface area contributed by atoms with Crippen LogP contribution < -0.4 is 4.74 Å². The van der Waals surface area contributed by atoms with Gasteiger partial charge in [-0.3, -0.25) is 9.69 Å². The van der Waals surface area contributed by atoms with Gasteiger partial charge in [-0.25, -0.2) is 0 Å². The Hall–Kier alpha value is -2.15. The van der Waals surface area contributed by atoms with Gasteiger partial charge in [0, 0.05) is 24.5 Å². The van der Waals surface area contributed by atoms with E-state index >= 15 is 0 Å². The van der Waals surface area contributed by atoms with Crippen LogP contribution in [0.2, 0.25) is 0 Å². The Bertz CT molecular complexity index is 880. The number of aliphatic hydroxyl groups excluding tert-OH is 1. The molecule has 6 heteroatoms. The summed E-state index contributed by atoms with van der Waals surface area (Å²) >= 11 is 1.77. The molecule has 0 radical (unpaired) electrons. The van der Waals surface area contributed by atoms with Gasteiger partial charge in [0.15, 0.2) is 0 Å². The molecular weight excluding hydrogens is 420 g/mol. The maximum atomic E-state index is 13.5. The van der Waals surface area contributed by atoms with Crippen molar-refractivity contribution in [3.63, 3.8) is 0 Å². The van der Waals surface area contributed by atoms with E-state index in [1.165, 1.54) is 23.3 Å². The molecule has 4 rings (SSSR count). The van der Waals surface area contributed by atoms with Crippen molar-refractivity contribution in [2.24, 2.45) is 5.92 Å². The molecule has 1 aliphatic carbocycles. The van der Waals surface area contributed by atoms with Gasteiger partial charge in [0.25, 0.3) is 0 Å². The number of hydrogen-bond donors (Lipinski definition) is 1. The summed E-state index contributed by atoms with van der Waals surface area (Å²) in [6, 6.07) is 11.9. The van der Waals surface area contributed by atoms with Gasteiger partial charge in [-0.2, -0.15) is 0 Å². The van der Waals surface area contributed by atoms with E-state index in [-0.39, 0.29) is 11.9 Å². The first-order chi connectivity index (χ1) is 15.6. The van der Waals surface area contributed by atoms with E-state index in [0.717, 1.165) is 25.1 Å². The molecule has 0 saturated heterocycles. The van der Waals surface area contributed by atoms with Crippen molar-refractivity contribution in [2.45, 2.75) is 44.2 Å². The highest BCUT2D eigenvalue weighted by molar-refractivity contribution is 7.10. The molecule has 32 heavy (non-hydrogen) atoms. The van der Waals surface area contributed by atoms with E-state index in [0.29, 0.717) is 38.6 Å². The average Bonchev–Trinajstić information content (AvgIpc) is 3.48. The molecule has 2 aliphatic rings. The third-order valence-electron chi connectivity index (χ3n) is 6.31. The van der Waals surface area contributed by atoms with Crippen LogP contribution in [-0.2, 0) is 11.2 Å². The number of benzene rings is 1. The first-order valence-electron chi connectivity index (χ1n) is 11.7. The van der Waals surface area contributed by atoms with Crippen molar-refractivity contribution in [2.75, 3.05) is 32.8 Å². The van der Waals surface area contributed by atoms with Gasteiger partial charge in [-0.1, -0.05) is 24.3 Å². The van der Waals surface area contributed by atoms with Crippen molar-refractivity contribution in [3.05, 3.63) is 64.9 Å². The number of carbonyl (C=O) groups is 1. The molecule has 1 N–H and O–H groups in total. The molecule has 1 aromatic heterocycles. The Kier molecular flexibility index (Phi) is 8.00. The summed E-state index contributed by atoms with van der Waals surface area (Å²) in [5, 5.41) is 12.6. The van der Waals surface area contributed by atoms with Crippen molar-refractivity contribution < 1.29 is 14.6 Å².